The molecule has 0 spiro atoms. The highest BCUT2D eigenvalue weighted by Gasteiger charge is 2.38. The zero-order valence-electron chi connectivity index (χ0n) is 13.4. The minimum absolute atomic E-state index is 0.101. The molecule has 1 aromatic carbocycles. The Bertz CT molecular complexity index is 496. The van der Waals surface area contributed by atoms with Crippen LogP contribution >= 0.6 is 0 Å². The average Bonchev–Trinajstić information content (AvgIpc) is 2.68. The van der Waals surface area contributed by atoms with Crippen LogP contribution in [0.3, 0.4) is 0 Å². The molecule has 0 saturated heterocycles. The Morgan fingerprint density at radius 1 is 1.25 bits per heavy atom. The highest BCUT2D eigenvalue weighted by atomic mass is 15.3. The fraction of sp³-hybridized carbons (Fsp3) is 0.588. The van der Waals surface area contributed by atoms with E-state index >= 15 is 0 Å². The van der Waals surface area contributed by atoms with Gasteiger partial charge in [-0.25, -0.2) is 0 Å². The molecule has 0 aromatic heterocycles. The Morgan fingerprint density at radius 3 is 2.35 bits per heavy atom. The summed E-state index contributed by atoms with van der Waals surface area (Å²) in [6.45, 7) is 12.8. The van der Waals surface area contributed by atoms with Crippen LogP contribution in [0, 0.1) is 0 Å². The lowest BCUT2D eigenvalue weighted by Crippen LogP contribution is -2.47. The summed E-state index contributed by atoms with van der Waals surface area (Å²) >= 11 is 0. The van der Waals surface area contributed by atoms with Crippen molar-refractivity contribution in [2.75, 3.05) is 13.1 Å². The van der Waals surface area contributed by atoms with Crippen molar-refractivity contribution in [2.24, 2.45) is 10.7 Å². The first-order chi connectivity index (χ1) is 9.29. The number of aliphatic imine (C=N–C) groups is 1. The molecule has 0 fully saturated rings. The van der Waals surface area contributed by atoms with Gasteiger partial charge >= 0.3 is 0 Å². The molecular formula is C17H27N3. The molecule has 0 aliphatic carbocycles. The van der Waals surface area contributed by atoms with Crippen molar-refractivity contribution >= 4 is 5.96 Å². The van der Waals surface area contributed by atoms with Gasteiger partial charge in [0.15, 0.2) is 5.96 Å². The average molecular weight is 273 g/mol. The van der Waals surface area contributed by atoms with Crippen molar-refractivity contribution in [1.29, 1.82) is 0 Å². The SMILES string of the molecule is CCCN1C(N)=NCC1(C)c1ccc(C(C)(C)C)cc1. The van der Waals surface area contributed by atoms with Gasteiger partial charge in [0.1, 0.15) is 0 Å². The number of rotatable bonds is 3. The molecule has 1 atom stereocenters. The van der Waals surface area contributed by atoms with Crippen LogP contribution in [-0.2, 0) is 11.0 Å². The first kappa shape index (κ1) is 14.9. The van der Waals surface area contributed by atoms with E-state index in [-0.39, 0.29) is 11.0 Å². The molecule has 110 valence electrons. The van der Waals surface area contributed by atoms with Gasteiger partial charge in [0, 0.05) is 6.54 Å². The highest BCUT2D eigenvalue weighted by molar-refractivity contribution is 5.81. The molecule has 0 radical (unpaired) electrons. The van der Waals surface area contributed by atoms with Crippen LogP contribution in [0.2, 0.25) is 0 Å². The zero-order valence-corrected chi connectivity index (χ0v) is 13.4. The van der Waals surface area contributed by atoms with Crippen LogP contribution in [0.5, 0.6) is 0 Å². The lowest BCUT2D eigenvalue weighted by Gasteiger charge is -2.37. The quantitative estimate of drug-likeness (QED) is 0.918. The van der Waals surface area contributed by atoms with E-state index < -0.39 is 0 Å². The third-order valence-electron chi connectivity index (χ3n) is 4.24. The molecule has 1 unspecified atom stereocenters. The Morgan fingerprint density at radius 2 is 1.85 bits per heavy atom. The second-order valence-electron chi connectivity index (χ2n) is 6.93. The van der Waals surface area contributed by atoms with Gasteiger partial charge in [-0.2, -0.15) is 0 Å². The van der Waals surface area contributed by atoms with Gasteiger partial charge in [-0.3, -0.25) is 4.99 Å². The van der Waals surface area contributed by atoms with Crippen LogP contribution in [-0.4, -0.2) is 23.9 Å². The summed E-state index contributed by atoms with van der Waals surface area (Å²) in [4.78, 5) is 6.69. The first-order valence-corrected chi connectivity index (χ1v) is 7.47. The molecule has 3 nitrogen and oxygen atoms in total. The molecular weight excluding hydrogens is 246 g/mol. The number of benzene rings is 1. The van der Waals surface area contributed by atoms with Crippen LogP contribution in [0.4, 0.5) is 0 Å². The van der Waals surface area contributed by atoms with Gasteiger partial charge < -0.3 is 10.6 Å². The second-order valence-corrected chi connectivity index (χ2v) is 6.93. The van der Waals surface area contributed by atoms with E-state index in [1.54, 1.807) is 0 Å². The number of hydrogen-bond acceptors (Lipinski definition) is 3. The first-order valence-electron chi connectivity index (χ1n) is 7.47. The minimum Gasteiger partial charge on any atom is -0.370 e. The Hall–Kier alpha value is -1.51. The fourth-order valence-corrected chi connectivity index (χ4v) is 2.82. The lowest BCUT2D eigenvalue weighted by molar-refractivity contribution is 0.225. The molecule has 3 heteroatoms. The van der Waals surface area contributed by atoms with Gasteiger partial charge in [0.2, 0.25) is 0 Å². The van der Waals surface area contributed by atoms with Crippen molar-refractivity contribution in [3.8, 4) is 0 Å². The van der Waals surface area contributed by atoms with E-state index in [0.717, 1.165) is 19.5 Å². The van der Waals surface area contributed by atoms with Crippen molar-refractivity contribution in [3.05, 3.63) is 35.4 Å². The summed E-state index contributed by atoms with van der Waals surface area (Å²) in [6, 6.07) is 8.94. The summed E-state index contributed by atoms with van der Waals surface area (Å²) in [7, 11) is 0. The number of nitrogens with zero attached hydrogens (tertiary/aromatic N) is 2. The van der Waals surface area contributed by atoms with Gasteiger partial charge in [0.25, 0.3) is 0 Å². The van der Waals surface area contributed by atoms with Crippen molar-refractivity contribution in [3.63, 3.8) is 0 Å². The second kappa shape index (κ2) is 5.12. The molecule has 20 heavy (non-hydrogen) atoms. The van der Waals surface area contributed by atoms with Crippen LogP contribution in [0.25, 0.3) is 0 Å². The maximum atomic E-state index is 6.05. The van der Waals surface area contributed by atoms with Crippen molar-refractivity contribution in [2.45, 2.75) is 52.0 Å². The Balaban J connectivity index is 2.31. The Kier molecular flexibility index (Phi) is 3.81. The number of guanidine groups is 1. The molecule has 0 bridgehead atoms. The van der Waals surface area contributed by atoms with E-state index in [0.29, 0.717) is 5.96 Å². The van der Waals surface area contributed by atoms with E-state index in [4.69, 9.17) is 5.73 Å². The lowest BCUT2D eigenvalue weighted by atomic mass is 9.84. The third kappa shape index (κ3) is 2.54. The maximum Gasteiger partial charge on any atom is 0.192 e. The molecule has 2 rings (SSSR count). The summed E-state index contributed by atoms with van der Waals surface area (Å²) < 4.78 is 0. The molecule has 1 aliphatic rings. The summed E-state index contributed by atoms with van der Waals surface area (Å²) in [5.74, 6) is 0.675. The normalized spacial score (nSPS) is 23.1. The van der Waals surface area contributed by atoms with Gasteiger partial charge in [0.05, 0.1) is 12.1 Å². The van der Waals surface area contributed by atoms with Crippen LogP contribution < -0.4 is 5.73 Å². The molecule has 0 saturated carbocycles. The standard InChI is InChI=1S/C17H27N3/c1-6-11-20-15(18)19-12-17(20,5)14-9-7-13(8-10-14)16(2,3)4/h7-10H,6,11-12H2,1-5H3,(H2,18,19). The Labute approximate surface area is 122 Å². The molecule has 1 aromatic rings. The summed E-state index contributed by atoms with van der Waals surface area (Å²) in [6.07, 6.45) is 1.08. The van der Waals surface area contributed by atoms with Gasteiger partial charge in [-0.1, -0.05) is 52.0 Å². The monoisotopic (exact) mass is 273 g/mol. The highest BCUT2D eigenvalue weighted by Crippen LogP contribution is 2.34. The van der Waals surface area contributed by atoms with E-state index in [1.807, 2.05) is 0 Å². The predicted octanol–water partition coefficient (Wildman–Crippen LogP) is 3.24. The molecule has 2 N–H and O–H groups in total. The predicted molar refractivity (Wildman–Crippen MR) is 86.0 cm³/mol. The summed E-state index contributed by atoms with van der Waals surface area (Å²) in [5.41, 5.74) is 8.80. The molecule has 1 aliphatic heterocycles. The third-order valence-corrected chi connectivity index (χ3v) is 4.24. The smallest absolute Gasteiger partial charge is 0.192 e. The summed E-state index contributed by atoms with van der Waals surface area (Å²) in [5, 5.41) is 0. The van der Waals surface area contributed by atoms with E-state index in [9.17, 15) is 0 Å². The van der Waals surface area contributed by atoms with E-state index in [1.165, 1.54) is 11.1 Å². The molecule has 0 amide bonds. The van der Waals surface area contributed by atoms with Crippen LogP contribution in [0.1, 0.15) is 52.2 Å². The van der Waals surface area contributed by atoms with Crippen molar-refractivity contribution < 1.29 is 0 Å². The maximum absolute atomic E-state index is 6.05. The van der Waals surface area contributed by atoms with E-state index in [2.05, 4.69) is 68.8 Å². The number of nitrogens with two attached hydrogens (primary N) is 1. The number of hydrogen-bond donors (Lipinski definition) is 1. The molecule has 1 heterocycles. The topological polar surface area (TPSA) is 41.6 Å². The van der Waals surface area contributed by atoms with Gasteiger partial charge in [-0.05, 0) is 29.9 Å². The fourth-order valence-electron chi connectivity index (χ4n) is 2.82. The van der Waals surface area contributed by atoms with Crippen LogP contribution in [0.15, 0.2) is 29.3 Å². The van der Waals surface area contributed by atoms with Gasteiger partial charge in [-0.15, -0.1) is 0 Å². The van der Waals surface area contributed by atoms with Crippen molar-refractivity contribution in [1.82, 2.24) is 4.90 Å². The zero-order chi connectivity index (χ0) is 15.0. The largest absolute Gasteiger partial charge is 0.370 e. The minimum atomic E-state index is -0.101.